The number of hydrogen-bond acceptors (Lipinski definition) is 2. The second kappa shape index (κ2) is 3.09. The van der Waals surface area contributed by atoms with Crippen LogP contribution in [0.1, 0.15) is 38.0 Å². The molecule has 0 bridgehead atoms. The minimum absolute atomic E-state index is 0.143. The van der Waals surface area contributed by atoms with Crippen molar-refractivity contribution < 1.29 is 0 Å². The molecule has 1 aliphatic heterocycles. The summed E-state index contributed by atoms with van der Waals surface area (Å²) in [6.07, 6.45) is 1.07. The molecule has 0 amide bonds. The number of nitrogens with one attached hydrogen (secondary N) is 1. The summed E-state index contributed by atoms with van der Waals surface area (Å²) >= 11 is 0. The van der Waals surface area contributed by atoms with Gasteiger partial charge >= 0.3 is 0 Å². The molecule has 0 unspecified atom stereocenters. The van der Waals surface area contributed by atoms with Gasteiger partial charge in [0.15, 0.2) is 0 Å². The normalized spacial score (nSPS) is 16.9. The highest BCUT2D eigenvalue weighted by Gasteiger charge is 2.24. The van der Waals surface area contributed by atoms with Gasteiger partial charge in [-0.3, -0.25) is 0 Å². The first kappa shape index (κ1) is 9.71. The molecule has 0 aromatic carbocycles. The SMILES string of the molecule is Cc1nc2c(n1C(C)(C)C)CNCC2. The van der Waals surface area contributed by atoms with Crippen molar-refractivity contribution in [2.45, 2.75) is 46.2 Å². The van der Waals surface area contributed by atoms with E-state index in [0.29, 0.717) is 0 Å². The Morgan fingerprint density at radius 1 is 1.36 bits per heavy atom. The Hall–Kier alpha value is -0.830. The van der Waals surface area contributed by atoms with Crippen LogP contribution in [-0.4, -0.2) is 16.1 Å². The molecule has 2 heterocycles. The maximum absolute atomic E-state index is 4.64. The summed E-state index contributed by atoms with van der Waals surface area (Å²) < 4.78 is 2.36. The molecular weight excluding hydrogens is 174 g/mol. The summed E-state index contributed by atoms with van der Waals surface area (Å²) in [6.45, 7) is 10.8. The van der Waals surface area contributed by atoms with Crippen LogP contribution < -0.4 is 5.32 Å². The van der Waals surface area contributed by atoms with Gasteiger partial charge in [0.05, 0.1) is 11.4 Å². The number of fused-ring (bicyclic) bond motifs is 1. The van der Waals surface area contributed by atoms with Crippen LogP contribution in [0.2, 0.25) is 0 Å². The second-order valence-corrected chi connectivity index (χ2v) is 4.99. The highest BCUT2D eigenvalue weighted by molar-refractivity contribution is 5.21. The van der Waals surface area contributed by atoms with Crippen LogP contribution in [0.25, 0.3) is 0 Å². The predicted molar refractivity (Wildman–Crippen MR) is 57.4 cm³/mol. The van der Waals surface area contributed by atoms with Crippen molar-refractivity contribution in [3.63, 3.8) is 0 Å². The lowest BCUT2D eigenvalue weighted by Gasteiger charge is -2.27. The fraction of sp³-hybridized carbons (Fsp3) is 0.727. The van der Waals surface area contributed by atoms with Crippen molar-refractivity contribution in [1.82, 2.24) is 14.9 Å². The standard InChI is InChI=1S/C11H19N3/c1-8-13-9-5-6-12-7-10(9)14(8)11(2,3)4/h12H,5-7H2,1-4H3. The quantitative estimate of drug-likeness (QED) is 0.678. The number of aromatic nitrogens is 2. The lowest BCUT2D eigenvalue weighted by molar-refractivity contribution is 0.369. The lowest BCUT2D eigenvalue weighted by Crippen LogP contribution is -2.31. The van der Waals surface area contributed by atoms with Gasteiger partial charge in [0.2, 0.25) is 0 Å². The summed E-state index contributed by atoms with van der Waals surface area (Å²) in [5, 5.41) is 3.41. The Balaban J connectivity index is 2.53. The molecule has 14 heavy (non-hydrogen) atoms. The average molecular weight is 193 g/mol. The van der Waals surface area contributed by atoms with E-state index in [1.165, 1.54) is 11.4 Å². The molecule has 0 atom stereocenters. The van der Waals surface area contributed by atoms with E-state index in [1.807, 2.05) is 0 Å². The highest BCUT2D eigenvalue weighted by atomic mass is 15.2. The van der Waals surface area contributed by atoms with E-state index in [1.54, 1.807) is 0 Å². The zero-order valence-electron chi connectivity index (χ0n) is 9.52. The fourth-order valence-electron chi connectivity index (χ4n) is 2.32. The summed E-state index contributed by atoms with van der Waals surface area (Å²) in [5.41, 5.74) is 2.81. The number of imidazole rings is 1. The molecule has 0 saturated heterocycles. The van der Waals surface area contributed by atoms with Crippen molar-refractivity contribution >= 4 is 0 Å². The Morgan fingerprint density at radius 2 is 2.07 bits per heavy atom. The topological polar surface area (TPSA) is 29.9 Å². The largest absolute Gasteiger partial charge is 0.325 e. The number of aryl methyl sites for hydroxylation is 1. The van der Waals surface area contributed by atoms with E-state index in [9.17, 15) is 0 Å². The van der Waals surface area contributed by atoms with Gasteiger partial charge in [0.25, 0.3) is 0 Å². The molecule has 2 rings (SSSR count). The average Bonchev–Trinajstić information content (AvgIpc) is 2.38. The van der Waals surface area contributed by atoms with Crippen molar-refractivity contribution in [2.75, 3.05) is 6.54 Å². The van der Waals surface area contributed by atoms with Crippen LogP contribution in [0.3, 0.4) is 0 Å². The van der Waals surface area contributed by atoms with Gasteiger partial charge in [-0.2, -0.15) is 0 Å². The summed E-state index contributed by atoms with van der Waals surface area (Å²) in [4.78, 5) is 4.64. The summed E-state index contributed by atoms with van der Waals surface area (Å²) in [5.74, 6) is 1.14. The van der Waals surface area contributed by atoms with Gasteiger partial charge in [-0.25, -0.2) is 4.98 Å². The Bertz CT molecular complexity index is 344. The van der Waals surface area contributed by atoms with Gasteiger partial charge in [0.1, 0.15) is 5.82 Å². The summed E-state index contributed by atoms with van der Waals surface area (Å²) in [6, 6.07) is 0. The van der Waals surface area contributed by atoms with Crippen LogP contribution >= 0.6 is 0 Å². The van der Waals surface area contributed by atoms with Crippen LogP contribution in [0.5, 0.6) is 0 Å². The van der Waals surface area contributed by atoms with E-state index >= 15 is 0 Å². The number of nitrogens with zero attached hydrogens (tertiary/aromatic N) is 2. The molecule has 0 radical (unpaired) electrons. The third kappa shape index (κ3) is 1.46. The van der Waals surface area contributed by atoms with Crippen molar-refractivity contribution in [2.24, 2.45) is 0 Å². The second-order valence-electron chi connectivity index (χ2n) is 4.99. The van der Waals surface area contributed by atoms with Crippen molar-refractivity contribution in [1.29, 1.82) is 0 Å². The molecule has 1 aliphatic rings. The number of rotatable bonds is 0. The van der Waals surface area contributed by atoms with Crippen molar-refractivity contribution in [3.05, 3.63) is 17.2 Å². The van der Waals surface area contributed by atoms with Crippen LogP contribution in [0, 0.1) is 6.92 Å². The smallest absolute Gasteiger partial charge is 0.106 e. The summed E-state index contributed by atoms with van der Waals surface area (Å²) in [7, 11) is 0. The maximum atomic E-state index is 4.64. The molecule has 0 saturated carbocycles. The highest BCUT2D eigenvalue weighted by Crippen LogP contribution is 2.24. The predicted octanol–water partition coefficient (Wildman–Crippen LogP) is 1.59. The van der Waals surface area contributed by atoms with Gasteiger partial charge in [0, 0.05) is 25.0 Å². The number of hydrogen-bond donors (Lipinski definition) is 1. The molecule has 0 fully saturated rings. The Kier molecular flexibility index (Phi) is 2.14. The lowest BCUT2D eigenvalue weighted by atomic mass is 10.1. The third-order valence-corrected chi connectivity index (χ3v) is 2.73. The van der Waals surface area contributed by atoms with Crippen LogP contribution in [0.4, 0.5) is 0 Å². The van der Waals surface area contributed by atoms with Gasteiger partial charge in [-0.15, -0.1) is 0 Å². The molecular formula is C11H19N3. The molecule has 0 aliphatic carbocycles. The van der Waals surface area contributed by atoms with Gasteiger partial charge in [-0.1, -0.05) is 0 Å². The van der Waals surface area contributed by atoms with E-state index in [2.05, 4.69) is 42.6 Å². The molecule has 3 heteroatoms. The van der Waals surface area contributed by atoms with Crippen molar-refractivity contribution in [3.8, 4) is 0 Å². The third-order valence-electron chi connectivity index (χ3n) is 2.73. The molecule has 0 spiro atoms. The van der Waals surface area contributed by atoms with Crippen LogP contribution in [-0.2, 0) is 18.5 Å². The monoisotopic (exact) mass is 193 g/mol. The van der Waals surface area contributed by atoms with Crippen LogP contribution in [0.15, 0.2) is 0 Å². The first-order valence-corrected chi connectivity index (χ1v) is 5.28. The van der Waals surface area contributed by atoms with E-state index in [-0.39, 0.29) is 5.54 Å². The van der Waals surface area contributed by atoms with E-state index in [0.717, 1.165) is 25.3 Å². The Morgan fingerprint density at radius 3 is 2.71 bits per heavy atom. The zero-order chi connectivity index (χ0) is 10.3. The Labute approximate surface area is 85.5 Å². The molecule has 1 aromatic rings. The van der Waals surface area contributed by atoms with Gasteiger partial charge < -0.3 is 9.88 Å². The molecule has 78 valence electrons. The fourth-order valence-corrected chi connectivity index (χ4v) is 2.32. The molecule has 1 N–H and O–H groups in total. The molecule has 1 aromatic heterocycles. The van der Waals surface area contributed by atoms with E-state index < -0.39 is 0 Å². The van der Waals surface area contributed by atoms with Gasteiger partial charge in [-0.05, 0) is 27.7 Å². The molecule has 3 nitrogen and oxygen atoms in total. The zero-order valence-corrected chi connectivity index (χ0v) is 9.52. The maximum Gasteiger partial charge on any atom is 0.106 e. The minimum Gasteiger partial charge on any atom is -0.325 e. The van der Waals surface area contributed by atoms with E-state index in [4.69, 9.17) is 0 Å². The minimum atomic E-state index is 0.143. The first-order valence-electron chi connectivity index (χ1n) is 5.28. The first-order chi connectivity index (χ1) is 6.50.